The molecule has 2 N–H and O–H groups in total. The first-order valence-corrected chi connectivity index (χ1v) is 11.2. The zero-order chi connectivity index (χ0) is 21.5. The van der Waals surface area contributed by atoms with E-state index in [1.54, 1.807) is 11.3 Å². The van der Waals surface area contributed by atoms with Gasteiger partial charge in [0.25, 0.3) is 0 Å². The van der Waals surface area contributed by atoms with E-state index in [0.29, 0.717) is 11.3 Å². The summed E-state index contributed by atoms with van der Waals surface area (Å²) in [6, 6.07) is 9.89. The zero-order valence-corrected chi connectivity index (χ0v) is 18.7. The van der Waals surface area contributed by atoms with Crippen LogP contribution < -0.4 is 5.32 Å². The molecule has 0 amide bonds. The van der Waals surface area contributed by atoms with Gasteiger partial charge in [-0.2, -0.15) is 0 Å². The number of nitrogens with zero attached hydrogens (tertiary/aromatic N) is 1. The SMILES string of the molecule is Cc1nc2sc3c(c2c(Nc2ccccc2)c1C(OC(C)(C)C)C(=O)O)CCCC3. The number of para-hydroxylation sites is 1. The third kappa shape index (κ3) is 4.07. The van der Waals surface area contributed by atoms with Crippen molar-refractivity contribution in [2.75, 3.05) is 5.32 Å². The van der Waals surface area contributed by atoms with E-state index in [4.69, 9.17) is 9.72 Å². The highest BCUT2D eigenvalue weighted by atomic mass is 32.1. The van der Waals surface area contributed by atoms with Gasteiger partial charge < -0.3 is 15.2 Å². The van der Waals surface area contributed by atoms with E-state index in [2.05, 4.69) is 5.32 Å². The number of pyridine rings is 1. The van der Waals surface area contributed by atoms with Crippen molar-refractivity contribution < 1.29 is 14.6 Å². The molecule has 2 aromatic heterocycles. The van der Waals surface area contributed by atoms with Crippen LogP contribution >= 0.6 is 11.3 Å². The second-order valence-corrected chi connectivity index (χ2v) is 9.90. The van der Waals surface area contributed by atoms with E-state index in [1.807, 2.05) is 58.0 Å². The molecule has 1 aliphatic carbocycles. The number of benzene rings is 1. The van der Waals surface area contributed by atoms with Gasteiger partial charge >= 0.3 is 5.97 Å². The number of thiophene rings is 1. The number of carboxylic acid groups (broad SMARTS) is 1. The first kappa shape index (κ1) is 20.8. The van der Waals surface area contributed by atoms with Crippen LogP contribution in [0.3, 0.4) is 0 Å². The smallest absolute Gasteiger partial charge is 0.337 e. The maximum Gasteiger partial charge on any atom is 0.337 e. The minimum atomic E-state index is -1.10. The average Bonchev–Trinajstić information content (AvgIpc) is 3.04. The van der Waals surface area contributed by atoms with Gasteiger partial charge in [0.2, 0.25) is 0 Å². The van der Waals surface area contributed by atoms with Gasteiger partial charge in [0.15, 0.2) is 6.10 Å². The molecule has 6 heteroatoms. The van der Waals surface area contributed by atoms with E-state index < -0.39 is 17.7 Å². The van der Waals surface area contributed by atoms with Crippen molar-refractivity contribution in [2.45, 2.75) is 65.1 Å². The minimum absolute atomic E-state index is 0.609. The third-order valence-corrected chi connectivity index (χ3v) is 6.52. The fraction of sp³-hybridized carbons (Fsp3) is 0.417. The molecule has 1 aliphatic rings. The Morgan fingerprint density at radius 1 is 1.20 bits per heavy atom. The minimum Gasteiger partial charge on any atom is -0.479 e. The molecule has 0 saturated carbocycles. The largest absolute Gasteiger partial charge is 0.479 e. The average molecular weight is 425 g/mol. The summed E-state index contributed by atoms with van der Waals surface area (Å²) in [5.74, 6) is -1.01. The summed E-state index contributed by atoms with van der Waals surface area (Å²) in [5.41, 5.74) is 3.74. The van der Waals surface area contributed by atoms with E-state index in [9.17, 15) is 9.90 Å². The van der Waals surface area contributed by atoms with Gasteiger partial charge in [-0.25, -0.2) is 9.78 Å². The van der Waals surface area contributed by atoms with Gasteiger partial charge in [-0.1, -0.05) is 18.2 Å². The van der Waals surface area contributed by atoms with Gasteiger partial charge in [0.1, 0.15) is 4.83 Å². The standard InChI is InChI=1S/C24H28N2O3S/c1-14-18(21(23(27)28)29-24(2,3)4)20(26-15-10-6-5-7-11-15)19-16-12-8-9-13-17(16)30-22(19)25-14/h5-7,10-11,21H,8-9,12-13H2,1-4H3,(H,25,26)(H,27,28). The molecule has 1 aromatic carbocycles. The lowest BCUT2D eigenvalue weighted by molar-refractivity contribution is -0.160. The highest BCUT2D eigenvalue weighted by Gasteiger charge is 2.33. The highest BCUT2D eigenvalue weighted by Crippen LogP contribution is 2.45. The Bertz CT molecular complexity index is 1080. The molecule has 0 saturated heterocycles. The van der Waals surface area contributed by atoms with Crippen LogP contribution in [0.5, 0.6) is 0 Å². The van der Waals surface area contributed by atoms with Gasteiger partial charge in [-0.3, -0.25) is 0 Å². The van der Waals surface area contributed by atoms with Crippen molar-refractivity contribution in [3.05, 3.63) is 52.0 Å². The molecule has 30 heavy (non-hydrogen) atoms. The molecule has 158 valence electrons. The molecule has 3 aromatic rings. The molecule has 2 heterocycles. The number of anilines is 2. The second-order valence-electron chi connectivity index (χ2n) is 8.82. The van der Waals surface area contributed by atoms with Crippen molar-refractivity contribution in [3.63, 3.8) is 0 Å². The molecule has 5 nitrogen and oxygen atoms in total. The van der Waals surface area contributed by atoms with Gasteiger partial charge in [0.05, 0.1) is 11.3 Å². The molecule has 0 spiro atoms. The van der Waals surface area contributed by atoms with Crippen molar-refractivity contribution in [2.24, 2.45) is 0 Å². The molecule has 0 radical (unpaired) electrons. The van der Waals surface area contributed by atoms with Crippen LogP contribution in [0.4, 0.5) is 11.4 Å². The monoisotopic (exact) mass is 424 g/mol. The second kappa shape index (κ2) is 8.00. The first-order valence-electron chi connectivity index (χ1n) is 10.4. The summed E-state index contributed by atoms with van der Waals surface area (Å²) in [7, 11) is 0. The number of rotatable bonds is 5. The highest BCUT2D eigenvalue weighted by molar-refractivity contribution is 7.19. The van der Waals surface area contributed by atoms with Crippen LogP contribution in [0.15, 0.2) is 30.3 Å². The lowest BCUT2D eigenvalue weighted by atomic mass is 9.93. The summed E-state index contributed by atoms with van der Waals surface area (Å²) in [6.45, 7) is 7.51. The number of carboxylic acids is 1. The first-order chi connectivity index (χ1) is 14.2. The number of aromatic nitrogens is 1. The molecule has 1 atom stereocenters. The lowest BCUT2D eigenvalue weighted by Crippen LogP contribution is -2.28. The Kier molecular flexibility index (Phi) is 5.55. The molecule has 1 unspecified atom stereocenters. The third-order valence-electron chi connectivity index (χ3n) is 5.33. The molecule has 0 fully saturated rings. The van der Waals surface area contributed by atoms with E-state index in [-0.39, 0.29) is 0 Å². The Morgan fingerprint density at radius 2 is 1.90 bits per heavy atom. The quantitative estimate of drug-likeness (QED) is 0.513. The number of carbonyl (C=O) groups is 1. The Morgan fingerprint density at radius 3 is 2.57 bits per heavy atom. The van der Waals surface area contributed by atoms with Crippen LogP contribution in [0.2, 0.25) is 0 Å². The molecule has 0 aliphatic heterocycles. The van der Waals surface area contributed by atoms with Crippen LogP contribution in [-0.4, -0.2) is 21.7 Å². The van der Waals surface area contributed by atoms with Crippen molar-refractivity contribution in [1.29, 1.82) is 0 Å². The fourth-order valence-electron chi connectivity index (χ4n) is 4.12. The van der Waals surface area contributed by atoms with Crippen LogP contribution in [0.25, 0.3) is 10.2 Å². The lowest BCUT2D eigenvalue weighted by Gasteiger charge is -2.28. The molecular formula is C24H28N2O3S. The summed E-state index contributed by atoms with van der Waals surface area (Å²) in [5, 5.41) is 14.7. The number of aliphatic carboxylic acids is 1. The topological polar surface area (TPSA) is 71.5 Å². The summed E-state index contributed by atoms with van der Waals surface area (Å²) < 4.78 is 6.04. The van der Waals surface area contributed by atoms with Crippen LogP contribution in [-0.2, 0) is 22.4 Å². The number of aryl methyl sites for hydroxylation is 3. The van der Waals surface area contributed by atoms with E-state index in [0.717, 1.165) is 40.9 Å². The Labute approximate surface area is 181 Å². The van der Waals surface area contributed by atoms with Crippen molar-refractivity contribution in [1.82, 2.24) is 4.98 Å². The van der Waals surface area contributed by atoms with E-state index in [1.165, 1.54) is 16.9 Å². The van der Waals surface area contributed by atoms with Gasteiger partial charge in [0, 0.05) is 27.2 Å². The normalized spacial score (nSPS) is 15.1. The Hall–Kier alpha value is -2.44. The number of hydrogen-bond donors (Lipinski definition) is 2. The molecule has 4 rings (SSSR count). The fourth-order valence-corrected chi connectivity index (χ4v) is 5.44. The number of ether oxygens (including phenoxy) is 1. The zero-order valence-electron chi connectivity index (χ0n) is 17.9. The number of hydrogen-bond acceptors (Lipinski definition) is 5. The van der Waals surface area contributed by atoms with Crippen LogP contribution in [0, 0.1) is 6.92 Å². The number of nitrogens with one attached hydrogen (secondary N) is 1. The maximum atomic E-state index is 12.3. The predicted octanol–water partition coefficient (Wildman–Crippen LogP) is 6.17. The summed E-state index contributed by atoms with van der Waals surface area (Å²) in [6.07, 6.45) is 3.30. The molecule has 0 bridgehead atoms. The maximum absolute atomic E-state index is 12.3. The number of fused-ring (bicyclic) bond motifs is 3. The summed E-state index contributed by atoms with van der Waals surface area (Å²) >= 11 is 1.74. The van der Waals surface area contributed by atoms with Crippen molar-refractivity contribution in [3.8, 4) is 0 Å². The Balaban J connectivity index is 1.99. The summed E-state index contributed by atoms with van der Waals surface area (Å²) in [4.78, 5) is 19.5. The van der Waals surface area contributed by atoms with Crippen molar-refractivity contribution >= 4 is 38.9 Å². The van der Waals surface area contributed by atoms with E-state index >= 15 is 0 Å². The molecular weight excluding hydrogens is 396 g/mol. The van der Waals surface area contributed by atoms with Gasteiger partial charge in [-0.05, 0) is 71.1 Å². The van der Waals surface area contributed by atoms with Gasteiger partial charge in [-0.15, -0.1) is 11.3 Å². The predicted molar refractivity (Wildman–Crippen MR) is 122 cm³/mol. The van der Waals surface area contributed by atoms with Crippen LogP contribution in [0.1, 0.15) is 61.4 Å².